The van der Waals surface area contributed by atoms with Crippen molar-refractivity contribution in [3.05, 3.63) is 29.4 Å². The number of hydrogen-bond donors (Lipinski definition) is 0. The summed E-state index contributed by atoms with van der Waals surface area (Å²) in [5.74, 6) is 1.36. The zero-order valence-electron chi connectivity index (χ0n) is 7.82. The highest BCUT2D eigenvalue weighted by molar-refractivity contribution is 5.24. The van der Waals surface area contributed by atoms with Crippen LogP contribution in [0.25, 0.3) is 0 Å². The molecule has 0 spiro atoms. The van der Waals surface area contributed by atoms with Crippen LogP contribution in [0.2, 0.25) is 0 Å². The van der Waals surface area contributed by atoms with Gasteiger partial charge in [0.2, 0.25) is 0 Å². The minimum absolute atomic E-state index is 0.103. The van der Waals surface area contributed by atoms with Gasteiger partial charge in [-0.15, -0.1) is 11.3 Å². The molecule has 0 aromatic rings. The van der Waals surface area contributed by atoms with E-state index in [-0.39, 0.29) is 5.76 Å². The van der Waals surface area contributed by atoms with Crippen molar-refractivity contribution in [2.24, 2.45) is 0 Å². The van der Waals surface area contributed by atoms with E-state index < -0.39 is 0 Å². The first-order valence-corrected chi connectivity index (χ1v) is 3.76. The van der Waals surface area contributed by atoms with Crippen LogP contribution in [0.3, 0.4) is 0 Å². The molecule has 0 atom stereocenters. The Morgan fingerprint density at radius 1 is 1.36 bits per heavy atom. The first-order chi connectivity index (χ1) is 4.95. The highest BCUT2D eigenvalue weighted by Crippen LogP contribution is 2.16. The second kappa shape index (κ2) is 4.22. The van der Waals surface area contributed by atoms with Gasteiger partial charge in [0.15, 0.2) is 0 Å². The van der Waals surface area contributed by atoms with E-state index in [2.05, 4.69) is 6.58 Å². The van der Waals surface area contributed by atoms with Crippen molar-refractivity contribution in [3.63, 3.8) is 0 Å². The molecular formula is C10H16O-2. The number of rotatable bonds is 3. The van der Waals surface area contributed by atoms with E-state index in [0.717, 1.165) is 12.0 Å². The van der Waals surface area contributed by atoms with Crippen molar-refractivity contribution in [3.8, 4) is 0 Å². The molecule has 0 radical (unpaired) electrons. The van der Waals surface area contributed by atoms with E-state index >= 15 is 0 Å². The van der Waals surface area contributed by atoms with Gasteiger partial charge < -0.3 is 11.0 Å². The van der Waals surface area contributed by atoms with E-state index in [1.807, 2.05) is 20.8 Å². The molecule has 0 aliphatic carbocycles. The molecule has 0 saturated heterocycles. The lowest BCUT2D eigenvalue weighted by Crippen LogP contribution is -2.08. The van der Waals surface area contributed by atoms with Gasteiger partial charge in [-0.2, -0.15) is 20.3 Å². The normalized spacial score (nSPS) is 13.2. The van der Waals surface area contributed by atoms with Crippen molar-refractivity contribution in [2.75, 3.05) is 0 Å². The van der Waals surface area contributed by atoms with Crippen LogP contribution in [-0.2, 0) is 0 Å². The largest absolute Gasteiger partial charge is 0.872 e. The molecule has 0 N–H and O–H groups in total. The maximum Gasteiger partial charge on any atom is -0.0410 e. The van der Waals surface area contributed by atoms with Gasteiger partial charge >= 0.3 is 0 Å². The van der Waals surface area contributed by atoms with Crippen molar-refractivity contribution in [1.29, 1.82) is 0 Å². The number of hydrogen-bond acceptors (Lipinski definition) is 1. The van der Waals surface area contributed by atoms with Gasteiger partial charge in [0.05, 0.1) is 0 Å². The van der Waals surface area contributed by atoms with Crippen LogP contribution < -0.4 is 5.11 Å². The molecule has 0 amide bonds. The molecule has 1 heteroatoms. The molecule has 0 aromatic heterocycles. The van der Waals surface area contributed by atoms with Gasteiger partial charge in [0.1, 0.15) is 0 Å². The fourth-order valence-electron chi connectivity index (χ4n) is 0.975. The van der Waals surface area contributed by atoms with E-state index in [0.29, 0.717) is 5.57 Å². The van der Waals surface area contributed by atoms with Gasteiger partial charge in [0.25, 0.3) is 0 Å². The zero-order valence-corrected chi connectivity index (χ0v) is 7.82. The Hall–Kier alpha value is -0.720. The minimum atomic E-state index is 0.103. The summed E-state index contributed by atoms with van der Waals surface area (Å²) in [4.78, 5) is 0. The fourth-order valence-corrected chi connectivity index (χ4v) is 0.975. The molecule has 0 aromatic carbocycles. The van der Waals surface area contributed by atoms with Crippen LogP contribution in [0.15, 0.2) is 23.5 Å². The third-order valence-electron chi connectivity index (χ3n) is 1.39. The lowest BCUT2D eigenvalue weighted by molar-refractivity contribution is -0.299. The van der Waals surface area contributed by atoms with E-state index in [9.17, 15) is 5.11 Å². The Bertz CT molecular complexity index is 175. The summed E-state index contributed by atoms with van der Waals surface area (Å²) < 4.78 is 0. The summed E-state index contributed by atoms with van der Waals surface area (Å²) in [6.07, 6.45) is 0.797. The summed E-state index contributed by atoms with van der Waals surface area (Å²) >= 11 is 0. The molecule has 0 aliphatic heterocycles. The SMILES string of the molecule is C=C(C)C([O-])=C(C)C[C-](C)C. The standard InChI is InChI=1S/C10H17O/c1-7(2)6-9(5)10(11)8(3)4/h11H,3,6H2,1-2,4-5H3/q-1/p-1. The Kier molecular flexibility index (Phi) is 3.94. The Balaban J connectivity index is 4.28. The van der Waals surface area contributed by atoms with Gasteiger partial charge in [-0.3, -0.25) is 0 Å². The predicted molar refractivity (Wildman–Crippen MR) is 46.7 cm³/mol. The smallest absolute Gasteiger partial charge is 0.0410 e. The molecular weight excluding hydrogens is 136 g/mol. The average Bonchev–Trinajstić information content (AvgIpc) is 1.84. The van der Waals surface area contributed by atoms with Gasteiger partial charge in [-0.25, -0.2) is 0 Å². The second-order valence-corrected chi connectivity index (χ2v) is 3.27. The Morgan fingerprint density at radius 3 is 2.09 bits per heavy atom. The summed E-state index contributed by atoms with van der Waals surface area (Å²) in [6, 6.07) is 0. The van der Waals surface area contributed by atoms with Crippen molar-refractivity contribution in [2.45, 2.75) is 34.1 Å². The third-order valence-corrected chi connectivity index (χ3v) is 1.39. The van der Waals surface area contributed by atoms with Gasteiger partial charge in [-0.1, -0.05) is 12.2 Å². The molecule has 0 saturated carbocycles. The molecule has 0 heterocycles. The lowest BCUT2D eigenvalue weighted by atomic mass is 10.0. The third kappa shape index (κ3) is 3.87. The Labute approximate surface area is 69.4 Å². The first-order valence-electron chi connectivity index (χ1n) is 3.76. The highest BCUT2D eigenvalue weighted by Gasteiger charge is 1.88. The van der Waals surface area contributed by atoms with E-state index in [1.54, 1.807) is 6.92 Å². The summed E-state index contributed by atoms with van der Waals surface area (Å²) in [5, 5.41) is 11.2. The number of allylic oxidation sites excluding steroid dienone is 2. The molecule has 0 bridgehead atoms. The Morgan fingerprint density at radius 2 is 1.82 bits per heavy atom. The zero-order chi connectivity index (χ0) is 9.02. The highest BCUT2D eigenvalue weighted by atomic mass is 16.3. The van der Waals surface area contributed by atoms with Gasteiger partial charge in [0, 0.05) is 0 Å². The molecule has 0 rings (SSSR count). The van der Waals surface area contributed by atoms with Crippen molar-refractivity contribution < 1.29 is 5.11 Å². The van der Waals surface area contributed by atoms with E-state index in [1.165, 1.54) is 5.92 Å². The molecule has 11 heavy (non-hydrogen) atoms. The van der Waals surface area contributed by atoms with Crippen LogP contribution >= 0.6 is 0 Å². The van der Waals surface area contributed by atoms with E-state index in [4.69, 9.17) is 0 Å². The average molecular weight is 152 g/mol. The fraction of sp³-hybridized carbons (Fsp3) is 0.500. The maximum absolute atomic E-state index is 11.2. The molecule has 0 aliphatic rings. The summed E-state index contributed by atoms with van der Waals surface area (Å²) in [6.45, 7) is 11.3. The van der Waals surface area contributed by atoms with Crippen LogP contribution in [0, 0.1) is 5.92 Å². The molecule has 1 nitrogen and oxygen atoms in total. The topological polar surface area (TPSA) is 23.1 Å². The van der Waals surface area contributed by atoms with Crippen LogP contribution in [0.5, 0.6) is 0 Å². The summed E-state index contributed by atoms with van der Waals surface area (Å²) in [7, 11) is 0. The second-order valence-electron chi connectivity index (χ2n) is 3.27. The van der Waals surface area contributed by atoms with Crippen molar-refractivity contribution >= 4 is 0 Å². The van der Waals surface area contributed by atoms with Gasteiger partial charge in [-0.05, 0) is 13.8 Å². The first kappa shape index (κ1) is 10.3. The van der Waals surface area contributed by atoms with Crippen LogP contribution in [0.1, 0.15) is 34.1 Å². The maximum atomic E-state index is 11.2. The molecule has 0 unspecified atom stereocenters. The summed E-state index contributed by atoms with van der Waals surface area (Å²) in [5.41, 5.74) is 1.52. The quantitative estimate of drug-likeness (QED) is 0.345. The van der Waals surface area contributed by atoms with Crippen molar-refractivity contribution in [1.82, 2.24) is 0 Å². The minimum Gasteiger partial charge on any atom is -0.872 e. The monoisotopic (exact) mass is 152 g/mol. The molecule has 0 fully saturated rings. The van der Waals surface area contributed by atoms with Crippen LogP contribution in [-0.4, -0.2) is 0 Å². The van der Waals surface area contributed by atoms with Crippen LogP contribution in [0.4, 0.5) is 0 Å². The predicted octanol–water partition coefficient (Wildman–Crippen LogP) is 2.20. The molecule has 64 valence electrons. The lowest BCUT2D eigenvalue weighted by Gasteiger charge is -2.24.